The monoisotopic (exact) mass is 474 g/mol. The average molecular weight is 475 g/mol. The second-order valence-electron chi connectivity index (χ2n) is 6.96. The number of halogens is 1. The van der Waals surface area contributed by atoms with Crippen LogP contribution < -0.4 is 10.0 Å². The third kappa shape index (κ3) is 4.95. The molecule has 1 amide bonds. The SMILES string of the molecule is Cc1nc(-c2cccc(Cl)c2)sc1C(=O)Nc1cccc(S(=O)(=O)NC2=NCCC2)c1. The number of carbonyl (C=O) groups excluding carboxylic acids is 1. The Morgan fingerprint density at radius 3 is 2.71 bits per heavy atom. The van der Waals surface area contributed by atoms with E-state index in [9.17, 15) is 13.2 Å². The van der Waals surface area contributed by atoms with Crippen molar-refractivity contribution in [1.82, 2.24) is 9.71 Å². The predicted octanol–water partition coefficient (Wildman–Crippen LogP) is 4.49. The molecule has 0 unspecified atom stereocenters. The number of nitrogens with zero attached hydrogens (tertiary/aromatic N) is 2. The number of aryl methyl sites for hydroxylation is 1. The first-order valence-electron chi connectivity index (χ1n) is 9.53. The zero-order chi connectivity index (χ0) is 22.0. The number of anilines is 1. The van der Waals surface area contributed by atoms with Gasteiger partial charge >= 0.3 is 0 Å². The van der Waals surface area contributed by atoms with Crippen LogP contribution >= 0.6 is 22.9 Å². The smallest absolute Gasteiger partial charge is 0.267 e. The molecule has 31 heavy (non-hydrogen) atoms. The summed E-state index contributed by atoms with van der Waals surface area (Å²) >= 11 is 7.30. The number of rotatable bonds is 5. The number of aliphatic imine (C=N–C) groups is 1. The molecule has 1 aliphatic rings. The fourth-order valence-corrected chi connectivity index (χ4v) is 5.40. The molecule has 2 aromatic carbocycles. The van der Waals surface area contributed by atoms with Gasteiger partial charge in [-0.2, -0.15) is 0 Å². The molecule has 7 nitrogen and oxygen atoms in total. The average Bonchev–Trinajstić information content (AvgIpc) is 3.37. The molecule has 1 aromatic heterocycles. The molecule has 3 aromatic rings. The van der Waals surface area contributed by atoms with Crippen LogP contribution in [0.4, 0.5) is 5.69 Å². The molecular formula is C21H19ClN4O3S2. The molecule has 2 N–H and O–H groups in total. The van der Waals surface area contributed by atoms with E-state index in [0.29, 0.717) is 45.1 Å². The third-order valence-corrected chi connectivity index (χ3v) is 7.42. The Hall–Kier alpha value is -2.75. The molecule has 160 valence electrons. The summed E-state index contributed by atoms with van der Waals surface area (Å²) in [5.74, 6) is 0.106. The Labute approximate surface area is 189 Å². The number of benzene rings is 2. The lowest BCUT2D eigenvalue weighted by Gasteiger charge is -2.10. The number of hydrogen-bond acceptors (Lipinski definition) is 6. The second kappa shape index (κ2) is 8.78. The van der Waals surface area contributed by atoms with Crippen LogP contribution in [0.2, 0.25) is 5.02 Å². The van der Waals surface area contributed by atoms with Crippen LogP contribution in [-0.4, -0.2) is 31.7 Å². The van der Waals surface area contributed by atoms with Gasteiger partial charge in [0.2, 0.25) is 0 Å². The van der Waals surface area contributed by atoms with E-state index in [1.807, 2.05) is 12.1 Å². The normalized spacial score (nSPS) is 13.7. The van der Waals surface area contributed by atoms with E-state index in [1.165, 1.54) is 23.5 Å². The summed E-state index contributed by atoms with van der Waals surface area (Å²) in [7, 11) is -3.77. The van der Waals surface area contributed by atoms with Gasteiger partial charge in [-0.1, -0.05) is 29.8 Å². The highest BCUT2D eigenvalue weighted by atomic mass is 35.5. The molecule has 0 atom stereocenters. The maximum absolute atomic E-state index is 12.8. The maximum atomic E-state index is 12.8. The highest BCUT2D eigenvalue weighted by Crippen LogP contribution is 2.30. The van der Waals surface area contributed by atoms with Crippen LogP contribution in [0.15, 0.2) is 58.4 Å². The lowest BCUT2D eigenvalue weighted by molar-refractivity contribution is 0.102. The number of carbonyl (C=O) groups is 1. The van der Waals surface area contributed by atoms with Crippen molar-refractivity contribution in [3.05, 3.63) is 64.1 Å². The first kappa shape index (κ1) is 21.5. The number of sulfonamides is 1. The van der Waals surface area contributed by atoms with Crippen LogP contribution in [0.3, 0.4) is 0 Å². The molecule has 1 aliphatic heterocycles. The van der Waals surface area contributed by atoms with Gasteiger partial charge in [0.05, 0.1) is 10.6 Å². The highest BCUT2D eigenvalue weighted by molar-refractivity contribution is 7.90. The summed E-state index contributed by atoms with van der Waals surface area (Å²) in [5.41, 5.74) is 1.79. The van der Waals surface area contributed by atoms with E-state index in [2.05, 4.69) is 20.0 Å². The van der Waals surface area contributed by atoms with E-state index in [1.54, 1.807) is 31.2 Å². The fourth-order valence-electron chi connectivity index (χ4n) is 3.12. The molecule has 0 radical (unpaired) electrons. The summed E-state index contributed by atoms with van der Waals surface area (Å²) in [6.45, 7) is 2.38. The summed E-state index contributed by atoms with van der Waals surface area (Å²) in [5, 5.41) is 4.04. The lowest BCUT2D eigenvalue weighted by Crippen LogP contribution is -2.29. The van der Waals surface area contributed by atoms with E-state index in [0.717, 1.165) is 12.0 Å². The maximum Gasteiger partial charge on any atom is 0.267 e. The van der Waals surface area contributed by atoms with E-state index < -0.39 is 10.0 Å². The Kier molecular flexibility index (Phi) is 6.08. The van der Waals surface area contributed by atoms with Gasteiger partial charge in [0, 0.05) is 29.2 Å². The second-order valence-corrected chi connectivity index (χ2v) is 10.1. The molecular weight excluding hydrogens is 456 g/mol. The van der Waals surface area contributed by atoms with Crippen LogP contribution in [0.25, 0.3) is 10.6 Å². The van der Waals surface area contributed by atoms with Gasteiger partial charge in [0.1, 0.15) is 15.7 Å². The van der Waals surface area contributed by atoms with Crippen LogP contribution in [0.5, 0.6) is 0 Å². The summed E-state index contributed by atoms with van der Waals surface area (Å²) in [4.78, 5) is 22.0. The van der Waals surface area contributed by atoms with Crippen molar-refractivity contribution in [2.45, 2.75) is 24.7 Å². The van der Waals surface area contributed by atoms with Crippen molar-refractivity contribution in [2.24, 2.45) is 4.99 Å². The van der Waals surface area contributed by atoms with Gasteiger partial charge in [-0.05, 0) is 43.7 Å². The van der Waals surface area contributed by atoms with E-state index >= 15 is 0 Å². The van der Waals surface area contributed by atoms with Crippen molar-refractivity contribution < 1.29 is 13.2 Å². The molecule has 10 heteroatoms. The van der Waals surface area contributed by atoms with Crippen molar-refractivity contribution in [2.75, 3.05) is 11.9 Å². The van der Waals surface area contributed by atoms with Crippen LogP contribution in [0, 0.1) is 6.92 Å². The highest BCUT2D eigenvalue weighted by Gasteiger charge is 2.20. The Morgan fingerprint density at radius 2 is 1.97 bits per heavy atom. The number of aromatic nitrogens is 1. The zero-order valence-electron chi connectivity index (χ0n) is 16.6. The number of amidine groups is 1. The molecule has 0 bridgehead atoms. The molecule has 4 rings (SSSR count). The van der Waals surface area contributed by atoms with Gasteiger partial charge in [0.15, 0.2) is 0 Å². The van der Waals surface area contributed by atoms with Crippen molar-refractivity contribution in [1.29, 1.82) is 0 Å². The molecule has 0 spiro atoms. The van der Waals surface area contributed by atoms with E-state index in [4.69, 9.17) is 11.6 Å². The van der Waals surface area contributed by atoms with E-state index in [-0.39, 0.29) is 10.8 Å². The lowest BCUT2D eigenvalue weighted by atomic mass is 10.2. The minimum atomic E-state index is -3.77. The first-order chi connectivity index (χ1) is 14.8. The number of thiazole rings is 1. The van der Waals surface area contributed by atoms with Crippen molar-refractivity contribution in [3.8, 4) is 10.6 Å². The summed E-state index contributed by atoms with van der Waals surface area (Å²) in [6, 6.07) is 13.4. The van der Waals surface area contributed by atoms with Gasteiger partial charge in [-0.25, -0.2) is 13.4 Å². The number of hydrogen-bond donors (Lipinski definition) is 2. The number of amides is 1. The van der Waals surface area contributed by atoms with Gasteiger partial charge in [0.25, 0.3) is 15.9 Å². The van der Waals surface area contributed by atoms with Crippen molar-refractivity contribution in [3.63, 3.8) is 0 Å². The van der Waals surface area contributed by atoms with Crippen molar-refractivity contribution >= 4 is 50.4 Å². The Bertz CT molecular complexity index is 1290. The Morgan fingerprint density at radius 1 is 1.16 bits per heavy atom. The molecule has 2 heterocycles. The standard InChI is InChI=1S/C21H19ClN4O3S2/c1-13-19(30-21(24-13)14-5-2-6-15(22)11-14)20(27)25-16-7-3-8-17(12-16)31(28,29)26-18-9-4-10-23-18/h2-3,5-8,11-12H,4,9-10H2,1H3,(H,23,26)(H,25,27). The number of nitrogens with one attached hydrogen (secondary N) is 2. The molecule has 0 saturated heterocycles. The van der Waals surface area contributed by atoms with Crippen LogP contribution in [0.1, 0.15) is 28.2 Å². The zero-order valence-corrected chi connectivity index (χ0v) is 18.9. The summed E-state index contributed by atoms with van der Waals surface area (Å²) in [6.07, 6.45) is 1.44. The fraction of sp³-hybridized carbons (Fsp3) is 0.190. The summed E-state index contributed by atoms with van der Waals surface area (Å²) < 4.78 is 27.7. The minimum Gasteiger partial charge on any atom is -0.321 e. The quantitative estimate of drug-likeness (QED) is 0.568. The predicted molar refractivity (Wildman–Crippen MR) is 124 cm³/mol. The molecule has 0 fully saturated rings. The first-order valence-corrected chi connectivity index (χ1v) is 12.2. The topological polar surface area (TPSA) is 101 Å². The molecule has 0 saturated carbocycles. The third-order valence-electron chi connectivity index (χ3n) is 4.60. The largest absolute Gasteiger partial charge is 0.321 e. The minimum absolute atomic E-state index is 0.0561. The van der Waals surface area contributed by atoms with Gasteiger partial charge < -0.3 is 5.32 Å². The van der Waals surface area contributed by atoms with Gasteiger partial charge in [-0.15, -0.1) is 11.3 Å². The van der Waals surface area contributed by atoms with Gasteiger partial charge in [-0.3, -0.25) is 14.5 Å². The Balaban J connectivity index is 1.54. The van der Waals surface area contributed by atoms with Crippen LogP contribution in [-0.2, 0) is 10.0 Å². The molecule has 0 aliphatic carbocycles.